The fourth-order valence-corrected chi connectivity index (χ4v) is 2.36. The first kappa shape index (κ1) is 14.4. The van der Waals surface area contributed by atoms with Crippen molar-refractivity contribution in [2.24, 2.45) is 0 Å². The summed E-state index contributed by atoms with van der Waals surface area (Å²) < 4.78 is 5.67. The number of morpholine rings is 1. The molecule has 22 heavy (non-hydrogen) atoms. The zero-order chi connectivity index (χ0) is 15.5. The molecule has 3 heterocycles. The van der Waals surface area contributed by atoms with E-state index in [9.17, 15) is 4.79 Å². The lowest BCUT2D eigenvalue weighted by molar-refractivity contribution is 0.0337. The summed E-state index contributed by atoms with van der Waals surface area (Å²) in [4.78, 5) is 20.2. The first-order valence-electron chi connectivity index (χ1n) is 6.93. The van der Waals surface area contributed by atoms with Crippen LogP contribution >= 0.6 is 0 Å². The second kappa shape index (κ2) is 6.06. The van der Waals surface area contributed by atoms with Crippen LogP contribution in [0.1, 0.15) is 22.3 Å². The van der Waals surface area contributed by atoms with Crippen molar-refractivity contribution >= 4 is 11.7 Å². The van der Waals surface area contributed by atoms with Crippen LogP contribution in [0, 0.1) is 0 Å². The van der Waals surface area contributed by atoms with Crippen LogP contribution in [0.15, 0.2) is 18.3 Å². The van der Waals surface area contributed by atoms with Crippen LogP contribution in [0.4, 0.5) is 5.82 Å². The average Bonchev–Trinajstić information content (AvgIpc) is 3.09. The van der Waals surface area contributed by atoms with Gasteiger partial charge in [0.25, 0.3) is 5.91 Å². The number of aromatic nitrogens is 5. The molecule has 1 unspecified atom stereocenters. The molecule has 1 aliphatic rings. The predicted octanol–water partition coefficient (Wildman–Crippen LogP) is -0.126. The summed E-state index contributed by atoms with van der Waals surface area (Å²) in [6, 6.07) is 3.54. The number of rotatable bonds is 3. The molecule has 0 bridgehead atoms. The molecule has 0 radical (unpaired) electrons. The van der Waals surface area contributed by atoms with Crippen molar-refractivity contribution in [3.8, 4) is 0 Å². The quantitative estimate of drug-likeness (QED) is 0.843. The van der Waals surface area contributed by atoms with Crippen molar-refractivity contribution in [3.05, 3.63) is 29.7 Å². The average molecular weight is 303 g/mol. The lowest BCUT2D eigenvalue weighted by Gasteiger charge is -2.33. The van der Waals surface area contributed by atoms with Crippen LogP contribution in [0.3, 0.4) is 0 Å². The van der Waals surface area contributed by atoms with E-state index in [0.29, 0.717) is 36.9 Å². The number of hydrogen-bond donors (Lipinski definition) is 1. The summed E-state index contributed by atoms with van der Waals surface area (Å²) in [7, 11) is 3.45. The Kier molecular flexibility index (Phi) is 3.96. The summed E-state index contributed by atoms with van der Waals surface area (Å²) in [6.45, 7) is 1.68. The molecular weight excluding hydrogens is 286 g/mol. The Balaban J connectivity index is 1.86. The van der Waals surface area contributed by atoms with E-state index in [1.807, 2.05) is 4.90 Å². The van der Waals surface area contributed by atoms with Crippen molar-refractivity contribution in [3.63, 3.8) is 0 Å². The normalized spacial score (nSPS) is 18.3. The first-order chi connectivity index (χ1) is 10.7. The van der Waals surface area contributed by atoms with E-state index in [4.69, 9.17) is 4.74 Å². The highest BCUT2D eigenvalue weighted by atomic mass is 16.5. The fourth-order valence-electron chi connectivity index (χ4n) is 2.36. The zero-order valence-corrected chi connectivity index (χ0v) is 12.4. The molecule has 0 saturated carbocycles. The lowest BCUT2D eigenvalue weighted by atomic mass is 10.2. The molecule has 1 fully saturated rings. The number of nitrogens with one attached hydrogen (secondary N) is 1. The maximum atomic E-state index is 12.3. The maximum Gasteiger partial charge on any atom is 0.257 e. The molecule has 1 N–H and O–H groups in total. The predicted molar refractivity (Wildman–Crippen MR) is 77.3 cm³/mol. The third-order valence-electron chi connectivity index (χ3n) is 3.44. The minimum atomic E-state index is -0.295. The van der Waals surface area contributed by atoms with E-state index in [1.54, 1.807) is 32.4 Å². The van der Waals surface area contributed by atoms with E-state index in [-0.39, 0.29) is 12.0 Å². The van der Waals surface area contributed by atoms with Crippen molar-refractivity contribution < 1.29 is 9.53 Å². The molecule has 0 aromatic carbocycles. The summed E-state index contributed by atoms with van der Waals surface area (Å²) >= 11 is 0. The van der Waals surface area contributed by atoms with E-state index in [2.05, 4.69) is 25.6 Å². The Bertz CT molecular complexity index is 644. The molecule has 0 spiro atoms. The van der Waals surface area contributed by atoms with E-state index >= 15 is 0 Å². The van der Waals surface area contributed by atoms with Gasteiger partial charge in [0.2, 0.25) is 5.82 Å². The molecule has 1 atom stereocenters. The minimum Gasteiger partial charge on any atom is -0.366 e. The highest BCUT2D eigenvalue weighted by Crippen LogP contribution is 2.25. The smallest absolute Gasteiger partial charge is 0.257 e. The minimum absolute atomic E-state index is 0.0781. The molecule has 1 amide bonds. The van der Waals surface area contributed by atoms with E-state index in [1.165, 1.54) is 4.90 Å². The molecule has 2 aromatic heterocycles. The monoisotopic (exact) mass is 303 g/mol. The summed E-state index contributed by atoms with van der Waals surface area (Å²) in [5, 5.41) is 13.9. The summed E-state index contributed by atoms with van der Waals surface area (Å²) in [5.74, 6) is 1.07. The number of aromatic amines is 1. The zero-order valence-electron chi connectivity index (χ0n) is 12.4. The summed E-state index contributed by atoms with van der Waals surface area (Å²) in [5.41, 5.74) is 0.571. The number of carbonyl (C=O) groups is 1. The van der Waals surface area contributed by atoms with Crippen LogP contribution in [0.25, 0.3) is 0 Å². The van der Waals surface area contributed by atoms with Crippen LogP contribution in [0.2, 0.25) is 0 Å². The van der Waals surface area contributed by atoms with Crippen LogP contribution in [-0.4, -0.2) is 70.2 Å². The molecule has 1 saturated heterocycles. The Morgan fingerprint density at radius 2 is 2.36 bits per heavy atom. The highest BCUT2D eigenvalue weighted by Gasteiger charge is 2.28. The van der Waals surface area contributed by atoms with Gasteiger partial charge in [-0.2, -0.15) is 5.21 Å². The van der Waals surface area contributed by atoms with Gasteiger partial charge in [0.1, 0.15) is 11.9 Å². The number of ether oxygens (including phenoxy) is 1. The van der Waals surface area contributed by atoms with E-state index in [0.717, 1.165) is 0 Å². The van der Waals surface area contributed by atoms with Gasteiger partial charge in [-0.15, -0.1) is 10.2 Å². The third-order valence-corrected chi connectivity index (χ3v) is 3.44. The SMILES string of the molecule is CN(C)C(=O)c1cccnc1N1CCOC(c2nn[nH]n2)C1. The van der Waals surface area contributed by atoms with Crippen molar-refractivity contribution in [1.29, 1.82) is 0 Å². The van der Waals surface area contributed by atoms with Gasteiger partial charge in [0.05, 0.1) is 18.7 Å². The van der Waals surface area contributed by atoms with Gasteiger partial charge in [0.15, 0.2) is 0 Å². The number of H-pyrrole nitrogens is 1. The molecule has 0 aliphatic carbocycles. The van der Waals surface area contributed by atoms with Crippen molar-refractivity contribution in [1.82, 2.24) is 30.5 Å². The van der Waals surface area contributed by atoms with Crippen molar-refractivity contribution in [2.45, 2.75) is 6.10 Å². The largest absolute Gasteiger partial charge is 0.366 e. The second-order valence-electron chi connectivity index (χ2n) is 5.15. The van der Waals surface area contributed by atoms with Gasteiger partial charge in [0, 0.05) is 26.8 Å². The number of anilines is 1. The lowest BCUT2D eigenvalue weighted by Crippen LogP contribution is -2.40. The van der Waals surface area contributed by atoms with Gasteiger partial charge in [-0.05, 0) is 12.1 Å². The molecule has 9 heteroatoms. The van der Waals surface area contributed by atoms with Crippen LogP contribution < -0.4 is 4.90 Å². The van der Waals surface area contributed by atoms with Gasteiger partial charge >= 0.3 is 0 Å². The molecule has 3 rings (SSSR count). The number of pyridine rings is 1. The molecular formula is C13H17N7O2. The second-order valence-corrected chi connectivity index (χ2v) is 5.15. The molecule has 9 nitrogen and oxygen atoms in total. The Morgan fingerprint density at radius 3 is 3.09 bits per heavy atom. The van der Waals surface area contributed by atoms with E-state index < -0.39 is 0 Å². The Hall–Kier alpha value is -2.55. The number of nitrogens with zero attached hydrogens (tertiary/aromatic N) is 6. The standard InChI is InChI=1S/C13H17N7O2/c1-19(2)13(21)9-4-3-5-14-12(9)20-6-7-22-10(8-20)11-15-17-18-16-11/h3-5,10H,6-8H2,1-2H3,(H,15,16,17,18). The first-order valence-corrected chi connectivity index (χ1v) is 6.93. The third kappa shape index (κ3) is 2.75. The highest BCUT2D eigenvalue weighted by molar-refractivity contribution is 5.98. The van der Waals surface area contributed by atoms with Gasteiger partial charge < -0.3 is 14.5 Å². The summed E-state index contributed by atoms with van der Waals surface area (Å²) in [6.07, 6.45) is 1.39. The van der Waals surface area contributed by atoms with Gasteiger partial charge in [-0.1, -0.05) is 5.21 Å². The molecule has 1 aliphatic heterocycles. The topological polar surface area (TPSA) is 100 Å². The van der Waals surface area contributed by atoms with Gasteiger partial charge in [-0.3, -0.25) is 4.79 Å². The van der Waals surface area contributed by atoms with Crippen molar-refractivity contribution in [2.75, 3.05) is 38.7 Å². The number of hydrogen-bond acceptors (Lipinski definition) is 7. The van der Waals surface area contributed by atoms with Gasteiger partial charge in [-0.25, -0.2) is 4.98 Å². The maximum absolute atomic E-state index is 12.3. The molecule has 116 valence electrons. The Labute approximate surface area is 127 Å². The molecule has 2 aromatic rings. The van der Waals surface area contributed by atoms with Crippen LogP contribution in [-0.2, 0) is 4.74 Å². The number of amides is 1. The Morgan fingerprint density at radius 1 is 1.50 bits per heavy atom. The number of tetrazole rings is 1. The fraction of sp³-hybridized carbons (Fsp3) is 0.462. The van der Waals surface area contributed by atoms with Crippen LogP contribution in [0.5, 0.6) is 0 Å². The number of carbonyl (C=O) groups excluding carboxylic acids is 1.